The number of anilines is 1. The molecule has 6 heteroatoms. The number of hydrogen-bond donors (Lipinski definition) is 1. The summed E-state index contributed by atoms with van der Waals surface area (Å²) in [4.78, 5) is 6.81. The average Bonchev–Trinajstić information content (AvgIpc) is 2.93. The highest BCUT2D eigenvalue weighted by Crippen LogP contribution is 2.17. The lowest BCUT2D eigenvalue weighted by Crippen LogP contribution is -2.34. The fourth-order valence-corrected chi connectivity index (χ4v) is 2.29. The van der Waals surface area contributed by atoms with Crippen molar-refractivity contribution in [1.29, 1.82) is 0 Å². The zero-order chi connectivity index (χ0) is 13.9. The number of fused-ring (bicyclic) bond motifs is 1. The molecule has 2 aromatic heterocycles. The van der Waals surface area contributed by atoms with Crippen LogP contribution in [0.25, 0.3) is 0 Å². The minimum atomic E-state index is 0.489. The maximum atomic E-state index is 4.57. The molecule has 0 bridgehead atoms. The minimum absolute atomic E-state index is 0.489. The van der Waals surface area contributed by atoms with Gasteiger partial charge in [0.1, 0.15) is 12.1 Å². The fraction of sp³-hybridized carbons (Fsp3) is 0.500. The van der Waals surface area contributed by atoms with Gasteiger partial charge < -0.3 is 14.8 Å². The predicted octanol–water partition coefficient (Wildman–Crippen LogP) is 1.19. The third kappa shape index (κ3) is 2.80. The van der Waals surface area contributed by atoms with Crippen molar-refractivity contribution in [2.24, 2.45) is 0 Å². The lowest BCUT2D eigenvalue weighted by Gasteiger charge is -2.28. The van der Waals surface area contributed by atoms with Gasteiger partial charge in [0.15, 0.2) is 5.82 Å². The molecular weight excluding hydrogens is 252 g/mol. The summed E-state index contributed by atoms with van der Waals surface area (Å²) in [6.45, 7) is 7.79. The molecule has 0 aliphatic carbocycles. The lowest BCUT2D eigenvalue weighted by atomic mass is 10.2. The van der Waals surface area contributed by atoms with Crippen LogP contribution < -0.4 is 10.2 Å². The largest absolute Gasteiger partial charge is 0.347 e. The zero-order valence-electron chi connectivity index (χ0n) is 12.0. The molecule has 0 radical (unpaired) electrons. The molecular formula is C14H20N6. The standard InChI is InChI=1S/C14H20N6/c1-11(2)15-7-12-3-4-13(16-8-12)19-5-6-20-10-17-18-14(20)9-19/h3-4,8,10-11,15H,5-7,9H2,1-2H3. The Morgan fingerprint density at radius 1 is 1.30 bits per heavy atom. The van der Waals surface area contributed by atoms with Crippen molar-refractivity contribution in [2.45, 2.75) is 39.5 Å². The van der Waals surface area contributed by atoms with Crippen LogP contribution in [-0.2, 0) is 19.6 Å². The molecule has 0 amide bonds. The van der Waals surface area contributed by atoms with E-state index in [1.54, 1.807) is 6.33 Å². The Bertz CT molecular complexity index is 559. The summed E-state index contributed by atoms with van der Waals surface area (Å²) in [5.41, 5.74) is 1.21. The van der Waals surface area contributed by atoms with Crippen molar-refractivity contribution in [1.82, 2.24) is 25.1 Å². The first kappa shape index (κ1) is 13.1. The highest BCUT2D eigenvalue weighted by Gasteiger charge is 2.18. The van der Waals surface area contributed by atoms with Crippen LogP contribution in [0.3, 0.4) is 0 Å². The first-order chi connectivity index (χ1) is 9.72. The Morgan fingerprint density at radius 2 is 2.20 bits per heavy atom. The van der Waals surface area contributed by atoms with E-state index in [1.165, 1.54) is 5.56 Å². The monoisotopic (exact) mass is 272 g/mol. The first-order valence-electron chi connectivity index (χ1n) is 7.02. The molecule has 0 unspecified atom stereocenters. The lowest BCUT2D eigenvalue weighted by molar-refractivity contribution is 0.555. The van der Waals surface area contributed by atoms with Crippen LogP contribution in [0.5, 0.6) is 0 Å². The van der Waals surface area contributed by atoms with E-state index >= 15 is 0 Å². The zero-order valence-corrected chi connectivity index (χ0v) is 12.0. The minimum Gasteiger partial charge on any atom is -0.347 e. The van der Waals surface area contributed by atoms with Gasteiger partial charge in [-0.05, 0) is 11.6 Å². The van der Waals surface area contributed by atoms with Crippen LogP contribution in [0.2, 0.25) is 0 Å². The van der Waals surface area contributed by atoms with E-state index in [9.17, 15) is 0 Å². The summed E-state index contributed by atoms with van der Waals surface area (Å²) in [7, 11) is 0. The van der Waals surface area contributed by atoms with Gasteiger partial charge in [0.25, 0.3) is 0 Å². The molecule has 1 aliphatic heterocycles. The molecule has 0 atom stereocenters. The molecule has 0 spiro atoms. The van der Waals surface area contributed by atoms with Crippen molar-refractivity contribution in [3.8, 4) is 0 Å². The Kier molecular flexibility index (Phi) is 3.64. The van der Waals surface area contributed by atoms with Gasteiger partial charge in [0, 0.05) is 31.9 Å². The van der Waals surface area contributed by atoms with E-state index in [2.05, 4.69) is 55.9 Å². The summed E-state index contributed by atoms with van der Waals surface area (Å²) in [6.07, 6.45) is 3.74. The van der Waals surface area contributed by atoms with Crippen LogP contribution in [0, 0.1) is 0 Å². The van der Waals surface area contributed by atoms with Gasteiger partial charge in [0.05, 0.1) is 6.54 Å². The van der Waals surface area contributed by atoms with Gasteiger partial charge in [-0.3, -0.25) is 0 Å². The Labute approximate surface area is 118 Å². The molecule has 3 rings (SSSR count). The van der Waals surface area contributed by atoms with Crippen molar-refractivity contribution in [3.63, 3.8) is 0 Å². The molecule has 0 saturated heterocycles. The smallest absolute Gasteiger partial charge is 0.152 e. The summed E-state index contributed by atoms with van der Waals surface area (Å²) in [6, 6.07) is 4.71. The van der Waals surface area contributed by atoms with E-state index in [1.807, 2.05) is 6.20 Å². The van der Waals surface area contributed by atoms with Crippen molar-refractivity contribution in [3.05, 3.63) is 36.0 Å². The van der Waals surface area contributed by atoms with Crippen molar-refractivity contribution in [2.75, 3.05) is 11.4 Å². The molecule has 106 valence electrons. The number of nitrogens with one attached hydrogen (secondary N) is 1. The summed E-state index contributed by atoms with van der Waals surface area (Å²) in [5.74, 6) is 2.01. The van der Waals surface area contributed by atoms with Gasteiger partial charge in [-0.1, -0.05) is 19.9 Å². The normalized spacial score (nSPS) is 14.7. The number of hydrogen-bond acceptors (Lipinski definition) is 5. The molecule has 20 heavy (non-hydrogen) atoms. The van der Waals surface area contributed by atoms with Crippen LogP contribution >= 0.6 is 0 Å². The maximum Gasteiger partial charge on any atom is 0.152 e. The topological polar surface area (TPSA) is 58.9 Å². The number of nitrogens with zero attached hydrogens (tertiary/aromatic N) is 5. The van der Waals surface area contributed by atoms with Crippen LogP contribution in [0.15, 0.2) is 24.7 Å². The predicted molar refractivity (Wildman–Crippen MR) is 77.3 cm³/mol. The van der Waals surface area contributed by atoms with E-state index in [0.29, 0.717) is 6.04 Å². The van der Waals surface area contributed by atoms with Crippen molar-refractivity contribution >= 4 is 5.82 Å². The molecule has 0 saturated carbocycles. The Hall–Kier alpha value is -1.95. The van der Waals surface area contributed by atoms with Gasteiger partial charge >= 0.3 is 0 Å². The molecule has 0 aromatic carbocycles. The molecule has 2 aromatic rings. The van der Waals surface area contributed by atoms with Crippen LogP contribution in [0.1, 0.15) is 25.2 Å². The van der Waals surface area contributed by atoms with Gasteiger partial charge in [-0.25, -0.2) is 4.98 Å². The Morgan fingerprint density at radius 3 is 2.95 bits per heavy atom. The highest BCUT2D eigenvalue weighted by atomic mass is 15.3. The SMILES string of the molecule is CC(C)NCc1ccc(N2CCn3cnnc3C2)nc1. The second kappa shape index (κ2) is 5.58. The van der Waals surface area contributed by atoms with Crippen LogP contribution in [-0.4, -0.2) is 32.3 Å². The summed E-state index contributed by atoms with van der Waals surface area (Å²) < 4.78 is 2.09. The second-order valence-electron chi connectivity index (χ2n) is 5.42. The maximum absolute atomic E-state index is 4.57. The van der Waals surface area contributed by atoms with E-state index in [0.717, 1.165) is 37.8 Å². The molecule has 3 heterocycles. The van der Waals surface area contributed by atoms with Gasteiger partial charge in [-0.15, -0.1) is 10.2 Å². The third-order valence-corrected chi connectivity index (χ3v) is 3.49. The van der Waals surface area contributed by atoms with Crippen LogP contribution in [0.4, 0.5) is 5.82 Å². The molecule has 1 aliphatic rings. The molecule has 6 nitrogen and oxygen atoms in total. The van der Waals surface area contributed by atoms with E-state index < -0.39 is 0 Å². The quantitative estimate of drug-likeness (QED) is 0.906. The summed E-state index contributed by atoms with van der Waals surface area (Å²) in [5, 5.41) is 11.5. The second-order valence-corrected chi connectivity index (χ2v) is 5.42. The molecule has 0 fully saturated rings. The van der Waals surface area contributed by atoms with Gasteiger partial charge in [-0.2, -0.15) is 0 Å². The molecule has 1 N–H and O–H groups in total. The van der Waals surface area contributed by atoms with E-state index in [-0.39, 0.29) is 0 Å². The number of rotatable bonds is 4. The number of pyridine rings is 1. The summed E-state index contributed by atoms with van der Waals surface area (Å²) >= 11 is 0. The third-order valence-electron chi connectivity index (χ3n) is 3.49. The van der Waals surface area contributed by atoms with Gasteiger partial charge in [0.2, 0.25) is 0 Å². The Balaban J connectivity index is 1.66. The van der Waals surface area contributed by atoms with E-state index in [4.69, 9.17) is 0 Å². The average molecular weight is 272 g/mol. The fourth-order valence-electron chi connectivity index (χ4n) is 2.29. The van der Waals surface area contributed by atoms with Crippen molar-refractivity contribution < 1.29 is 0 Å². The first-order valence-corrected chi connectivity index (χ1v) is 7.02. The highest BCUT2D eigenvalue weighted by molar-refractivity contribution is 5.40. The number of aromatic nitrogens is 4.